The lowest BCUT2D eigenvalue weighted by Gasteiger charge is -2.17. The van der Waals surface area contributed by atoms with Gasteiger partial charge in [0.1, 0.15) is 5.82 Å². The normalized spacial score (nSPS) is 14.4. The van der Waals surface area contributed by atoms with Gasteiger partial charge in [-0.2, -0.15) is 0 Å². The summed E-state index contributed by atoms with van der Waals surface area (Å²) in [4.78, 5) is 8.96. The van der Waals surface area contributed by atoms with Crippen LogP contribution in [-0.4, -0.2) is 21.1 Å². The van der Waals surface area contributed by atoms with Crippen molar-refractivity contribution < 1.29 is 0 Å². The zero-order valence-corrected chi connectivity index (χ0v) is 11.2. The fourth-order valence-corrected chi connectivity index (χ4v) is 2.81. The minimum atomic E-state index is 0.733. The minimum absolute atomic E-state index is 0.733. The van der Waals surface area contributed by atoms with Gasteiger partial charge in [-0.15, -0.1) is 0 Å². The Labute approximate surface area is 113 Å². The van der Waals surface area contributed by atoms with E-state index < -0.39 is 0 Å². The summed E-state index contributed by atoms with van der Waals surface area (Å²) in [7, 11) is 0. The first-order chi connectivity index (χ1) is 9.40. The summed E-state index contributed by atoms with van der Waals surface area (Å²) in [6.07, 6.45) is 9.35. The van der Waals surface area contributed by atoms with E-state index in [0.29, 0.717) is 0 Å². The van der Waals surface area contributed by atoms with Crippen molar-refractivity contribution in [2.45, 2.75) is 38.6 Å². The molecule has 100 valence electrons. The maximum Gasteiger partial charge on any atom is 0.140 e. The molecule has 0 saturated heterocycles. The Balaban J connectivity index is 2.02. The minimum Gasteiger partial charge on any atom is -0.330 e. The highest BCUT2D eigenvalue weighted by molar-refractivity contribution is 5.56. The number of nitrogens with zero attached hydrogens (tertiary/aromatic N) is 3. The quantitative estimate of drug-likeness (QED) is 0.912. The van der Waals surface area contributed by atoms with Gasteiger partial charge in [-0.1, -0.05) is 0 Å². The van der Waals surface area contributed by atoms with Crippen molar-refractivity contribution in [3.05, 3.63) is 35.9 Å². The highest BCUT2D eigenvalue weighted by Crippen LogP contribution is 2.27. The molecule has 4 heteroatoms. The summed E-state index contributed by atoms with van der Waals surface area (Å²) in [6.45, 7) is 1.82. The molecule has 0 saturated carbocycles. The van der Waals surface area contributed by atoms with Crippen molar-refractivity contribution in [3.8, 4) is 11.4 Å². The van der Waals surface area contributed by atoms with Crippen LogP contribution >= 0.6 is 0 Å². The molecule has 0 aromatic carbocycles. The Morgan fingerprint density at radius 1 is 1.21 bits per heavy atom. The van der Waals surface area contributed by atoms with Gasteiger partial charge in [-0.05, 0) is 50.8 Å². The van der Waals surface area contributed by atoms with Crippen molar-refractivity contribution in [3.63, 3.8) is 0 Å². The fourth-order valence-electron chi connectivity index (χ4n) is 2.81. The van der Waals surface area contributed by atoms with Crippen LogP contribution in [0.15, 0.2) is 24.5 Å². The molecule has 0 fully saturated rings. The van der Waals surface area contributed by atoms with Crippen LogP contribution in [0.3, 0.4) is 0 Å². The van der Waals surface area contributed by atoms with Crippen molar-refractivity contribution >= 4 is 0 Å². The Morgan fingerprint density at radius 3 is 2.84 bits per heavy atom. The summed E-state index contributed by atoms with van der Waals surface area (Å²) in [5, 5.41) is 0. The highest BCUT2D eigenvalue weighted by atomic mass is 15.1. The third-order valence-corrected chi connectivity index (χ3v) is 3.76. The van der Waals surface area contributed by atoms with E-state index in [0.717, 1.165) is 43.7 Å². The van der Waals surface area contributed by atoms with Crippen LogP contribution in [0.5, 0.6) is 0 Å². The maximum absolute atomic E-state index is 5.63. The zero-order valence-electron chi connectivity index (χ0n) is 11.2. The lowest BCUT2D eigenvalue weighted by molar-refractivity contribution is 0.532. The number of imidazole rings is 1. The summed E-state index contributed by atoms with van der Waals surface area (Å²) < 4.78 is 2.39. The number of hydrogen-bond donors (Lipinski definition) is 1. The van der Waals surface area contributed by atoms with Crippen LogP contribution in [-0.2, 0) is 19.4 Å². The SMILES string of the molecule is NCCCc1nc(-c2ccncc2)n2c1CCCC2. The molecule has 2 N–H and O–H groups in total. The molecule has 0 radical (unpaired) electrons. The summed E-state index contributed by atoms with van der Waals surface area (Å²) in [5.74, 6) is 1.10. The average Bonchev–Trinajstić information content (AvgIpc) is 2.85. The molecule has 0 amide bonds. The summed E-state index contributed by atoms with van der Waals surface area (Å²) in [5.41, 5.74) is 9.46. The van der Waals surface area contributed by atoms with E-state index in [1.165, 1.54) is 24.2 Å². The second-order valence-corrected chi connectivity index (χ2v) is 5.07. The van der Waals surface area contributed by atoms with Gasteiger partial charge in [0.25, 0.3) is 0 Å². The lowest BCUT2D eigenvalue weighted by Crippen LogP contribution is -2.12. The van der Waals surface area contributed by atoms with Crippen LogP contribution in [0.1, 0.15) is 30.7 Å². The molecule has 3 rings (SSSR count). The van der Waals surface area contributed by atoms with Crippen LogP contribution in [0.2, 0.25) is 0 Å². The van der Waals surface area contributed by atoms with E-state index in [1.54, 1.807) is 0 Å². The first-order valence-electron chi connectivity index (χ1n) is 7.09. The van der Waals surface area contributed by atoms with Crippen molar-refractivity contribution in [2.75, 3.05) is 6.54 Å². The first kappa shape index (κ1) is 12.4. The van der Waals surface area contributed by atoms with Crippen molar-refractivity contribution in [1.29, 1.82) is 0 Å². The number of hydrogen-bond acceptors (Lipinski definition) is 3. The number of fused-ring (bicyclic) bond motifs is 1. The van der Waals surface area contributed by atoms with E-state index in [4.69, 9.17) is 10.7 Å². The molecule has 0 unspecified atom stereocenters. The molecule has 2 aromatic heterocycles. The first-order valence-corrected chi connectivity index (χ1v) is 7.09. The standard InChI is InChI=1S/C15H20N4/c16-8-3-4-13-14-5-1-2-11-19(14)15(18-13)12-6-9-17-10-7-12/h6-7,9-10H,1-5,8,11,16H2. The van der Waals surface area contributed by atoms with Gasteiger partial charge in [-0.3, -0.25) is 4.98 Å². The molecule has 0 aliphatic carbocycles. The molecule has 19 heavy (non-hydrogen) atoms. The smallest absolute Gasteiger partial charge is 0.140 e. The van der Waals surface area contributed by atoms with E-state index in [2.05, 4.69) is 9.55 Å². The molecule has 1 aliphatic heterocycles. The Hall–Kier alpha value is -1.68. The van der Waals surface area contributed by atoms with Crippen LogP contribution in [0.25, 0.3) is 11.4 Å². The molecule has 1 aliphatic rings. The van der Waals surface area contributed by atoms with Gasteiger partial charge >= 0.3 is 0 Å². The van der Waals surface area contributed by atoms with Gasteiger partial charge in [0.2, 0.25) is 0 Å². The largest absolute Gasteiger partial charge is 0.330 e. The highest BCUT2D eigenvalue weighted by Gasteiger charge is 2.20. The number of aryl methyl sites for hydroxylation is 1. The average molecular weight is 256 g/mol. The second kappa shape index (κ2) is 5.53. The third-order valence-electron chi connectivity index (χ3n) is 3.76. The predicted octanol–water partition coefficient (Wildman–Crippen LogP) is 2.17. The fraction of sp³-hybridized carbons (Fsp3) is 0.467. The van der Waals surface area contributed by atoms with E-state index in [1.807, 2.05) is 24.5 Å². The Morgan fingerprint density at radius 2 is 2.05 bits per heavy atom. The van der Waals surface area contributed by atoms with Gasteiger partial charge < -0.3 is 10.3 Å². The third kappa shape index (κ3) is 2.40. The molecule has 0 spiro atoms. The number of nitrogens with two attached hydrogens (primary N) is 1. The van der Waals surface area contributed by atoms with E-state index in [-0.39, 0.29) is 0 Å². The Kier molecular flexibility index (Phi) is 3.60. The molecular weight excluding hydrogens is 236 g/mol. The van der Waals surface area contributed by atoms with Crippen LogP contribution in [0.4, 0.5) is 0 Å². The molecule has 0 atom stereocenters. The Bertz CT molecular complexity index is 545. The maximum atomic E-state index is 5.63. The van der Waals surface area contributed by atoms with Gasteiger partial charge in [0.05, 0.1) is 5.69 Å². The number of rotatable bonds is 4. The molecular formula is C15H20N4. The number of aromatic nitrogens is 3. The summed E-state index contributed by atoms with van der Waals surface area (Å²) in [6, 6.07) is 4.08. The zero-order chi connectivity index (χ0) is 13.1. The topological polar surface area (TPSA) is 56.7 Å². The van der Waals surface area contributed by atoms with Crippen LogP contribution in [0, 0.1) is 0 Å². The van der Waals surface area contributed by atoms with Crippen molar-refractivity contribution in [2.24, 2.45) is 5.73 Å². The van der Waals surface area contributed by atoms with Crippen molar-refractivity contribution in [1.82, 2.24) is 14.5 Å². The van der Waals surface area contributed by atoms with E-state index in [9.17, 15) is 0 Å². The predicted molar refractivity (Wildman–Crippen MR) is 75.8 cm³/mol. The number of pyridine rings is 1. The molecule has 4 nitrogen and oxygen atoms in total. The summed E-state index contributed by atoms with van der Waals surface area (Å²) >= 11 is 0. The van der Waals surface area contributed by atoms with Gasteiger partial charge in [-0.25, -0.2) is 4.98 Å². The van der Waals surface area contributed by atoms with Gasteiger partial charge in [0.15, 0.2) is 0 Å². The second-order valence-electron chi connectivity index (χ2n) is 5.07. The van der Waals surface area contributed by atoms with Gasteiger partial charge in [0, 0.05) is 30.2 Å². The van der Waals surface area contributed by atoms with Crippen LogP contribution < -0.4 is 5.73 Å². The lowest BCUT2D eigenvalue weighted by atomic mass is 10.1. The molecule has 2 aromatic rings. The monoisotopic (exact) mass is 256 g/mol. The molecule has 3 heterocycles. The molecule has 0 bridgehead atoms. The van der Waals surface area contributed by atoms with E-state index >= 15 is 0 Å².